The predicted molar refractivity (Wildman–Crippen MR) is 75.3 cm³/mol. The number of hydrogen-bond acceptors (Lipinski definition) is 5. The number of aromatic nitrogens is 2. The molecular formula is C14H13N3O3. The van der Waals surface area contributed by atoms with Gasteiger partial charge in [-0.3, -0.25) is 9.98 Å². The van der Waals surface area contributed by atoms with Crippen LogP contribution in [-0.4, -0.2) is 20.9 Å². The molecule has 2 aromatic heterocycles. The van der Waals surface area contributed by atoms with Crippen molar-refractivity contribution in [3.05, 3.63) is 40.3 Å². The van der Waals surface area contributed by atoms with E-state index in [0.29, 0.717) is 0 Å². The van der Waals surface area contributed by atoms with Crippen molar-refractivity contribution in [1.82, 2.24) is 9.55 Å². The third-order valence-electron chi connectivity index (χ3n) is 3.10. The van der Waals surface area contributed by atoms with Crippen LogP contribution in [0.4, 0.5) is 5.69 Å². The van der Waals surface area contributed by atoms with E-state index in [1.807, 2.05) is 6.07 Å². The molecule has 0 amide bonds. The maximum Gasteiger partial charge on any atom is 0.422 e. The summed E-state index contributed by atoms with van der Waals surface area (Å²) in [5, 5.41) is 10.1. The third-order valence-corrected chi connectivity index (χ3v) is 3.10. The van der Waals surface area contributed by atoms with E-state index < -0.39 is 5.76 Å². The predicted octanol–water partition coefficient (Wildman–Crippen LogP) is 2.38. The van der Waals surface area contributed by atoms with Gasteiger partial charge in [0, 0.05) is 29.6 Å². The lowest BCUT2D eigenvalue weighted by Gasteiger charge is -2.04. The van der Waals surface area contributed by atoms with Crippen molar-refractivity contribution >= 4 is 23.6 Å². The second-order valence-electron chi connectivity index (χ2n) is 4.77. The summed E-state index contributed by atoms with van der Waals surface area (Å²) in [6.07, 6.45) is 6.57. The molecule has 0 aliphatic carbocycles. The number of rotatable bonds is 2. The molecule has 3 heterocycles. The highest BCUT2D eigenvalue weighted by atomic mass is 16.4. The highest BCUT2D eigenvalue weighted by Crippen LogP contribution is 2.33. The highest BCUT2D eigenvalue weighted by Gasteiger charge is 2.19. The second-order valence-corrected chi connectivity index (χ2v) is 4.77. The Hall–Kier alpha value is -2.63. The molecule has 6 nitrogen and oxygen atoms in total. The number of fused-ring (bicyclic) bond motifs is 1. The van der Waals surface area contributed by atoms with Gasteiger partial charge in [-0.1, -0.05) is 0 Å². The first-order valence-corrected chi connectivity index (χ1v) is 6.22. The Morgan fingerprint density at radius 2 is 2.25 bits per heavy atom. The summed E-state index contributed by atoms with van der Waals surface area (Å²) in [5.74, 6) is -0.613. The van der Waals surface area contributed by atoms with Crippen molar-refractivity contribution in [2.45, 2.75) is 19.9 Å². The fourth-order valence-electron chi connectivity index (χ4n) is 2.14. The first-order chi connectivity index (χ1) is 9.58. The Balaban J connectivity index is 2.10. The fourth-order valence-corrected chi connectivity index (χ4v) is 2.14. The van der Waals surface area contributed by atoms with Crippen LogP contribution in [0.15, 0.2) is 32.7 Å². The summed E-state index contributed by atoms with van der Waals surface area (Å²) >= 11 is 0. The molecular weight excluding hydrogens is 258 g/mol. The standard InChI is InChI=1S/C14H13N3O3/c1-8(2)17-13(18)12(20-14(17)19)5-9-6-16-11-7-15-4-3-10(9)11/h3-8,18H,1-2H3. The monoisotopic (exact) mass is 271 g/mol. The van der Waals surface area contributed by atoms with Crippen molar-refractivity contribution in [1.29, 1.82) is 0 Å². The normalized spacial score (nSPS) is 15.2. The fraction of sp³-hybridized carbons (Fsp3) is 0.214. The number of aliphatic imine (C=N–C) groups is 1. The van der Waals surface area contributed by atoms with Crippen molar-refractivity contribution in [2.75, 3.05) is 0 Å². The van der Waals surface area contributed by atoms with E-state index in [-0.39, 0.29) is 17.7 Å². The quantitative estimate of drug-likeness (QED) is 0.909. The number of allylic oxidation sites excluding steroid dienone is 1. The molecule has 1 aliphatic heterocycles. The molecule has 102 valence electrons. The van der Waals surface area contributed by atoms with E-state index in [1.54, 1.807) is 38.5 Å². The average molecular weight is 271 g/mol. The summed E-state index contributed by atoms with van der Waals surface area (Å²) in [7, 11) is 0. The van der Waals surface area contributed by atoms with Gasteiger partial charge in [0.25, 0.3) is 0 Å². The summed E-state index contributed by atoms with van der Waals surface area (Å²) in [5.41, 5.74) is 2.41. The largest absolute Gasteiger partial charge is 0.492 e. The van der Waals surface area contributed by atoms with Gasteiger partial charge < -0.3 is 9.52 Å². The zero-order chi connectivity index (χ0) is 14.3. The lowest BCUT2D eigenvalue weighted by atomic mass is 10.1. The lowest BCUT2D eigenvalue weighted by Crippen LogP contribution is -2.15. The minimum Gasteiger partial charge on any atom is -0.492 e. The van der Waals surface area contributed by atoms with Gasteiger partial charge >= 0.3 is 5.76 Å². The minimum atomic E-state index is -0.575. The van der Waals surface area contributed by atoms with Gasteiger partial charge in [0.2, 0.25) is 5.88 Å². The molecule has 0 fully saturated rings. The van der Waals surface area contributed by atoms with Gasteiger partial charge in [0.05, 0.1) is 11.9 Å². The SMILES string of the molecule is CC(C)n1c(O)c(C=C2C=Nc3cnccc32)oc1=O. The molecule has 0 aromatic carbocycles. The van der Waals surface area contributed by atoms with Gasteiger partial charge in [0.1, 0.15) is 0 Å². The molecule has 3 rings (SSSR count). The lowest BCUT2D eigenvalue weighted by molar-refractivity contribution is 0.392. The van der Waals surface area contributed by atoms with Crippen LogP contribution in [0.3, 0.4) is 0 Å². The molecule has 0 spiro atoms. The molecule has 0 saturated carbocycles. The van der Waals surface area contributed by atoms with Gasteiger partial charge in [0.15, 0.2) is 5.76 Å². The Kier molecular flexibility index (Phi) is 2.78. The number of nitrogens with zero attached hydrogens (tertiary/aromatic N) is 3. The highest BCUT2D eigenvalue weighted by molar-refractivity contribution is 6.21. The van der Waals surface area contributed by atoms with Gasteiger partial charge in [-0.05, 0) is 26.0 Å². The third kappa shape index (κ3) is 1.85. The van der Waals surface area contributed by atoms with Crippen molar-refractivity contribution < 1.29 is 9.52 Å². The Morgan fingerprint density at radius 1 is 1.45 bits per heavy atom. The second kappa shape index (κ2) is 4.48. The number of oxazole rings is 1. The molecule has 2 aromatic rings. The topological polar surface area (TPSA) is 80.6 Å². The van der Waals surface area contributed by atoms with E-state index in [1.165, 1.54) is 4.57 Å². The van der Waals surface area contributed by atoms with Gasteiger partial charge in [-0.25, -0.2) is 9.36 Å². The maximum atomic E-state index is 11.7. The van der Waals surface area contributed by atoms with Gasteiger partial charge in [-0.15, -0.1) is 0 Å². The number of hydrogen-bond donors (Lipinski definition) is 1. The Labute approximate surface area is 114 Å². The molecule has 0 saturated heterocycles. The van der Waals surface area contributed by atoms with Crippen LogP contribution in [0.2, 0.25) is 0 Å². The molecule has 1 N–H and O–H groups in total. The van der Waals surface area contributed by atoms with E-state index >= 15 is 0 Å². The molecule has 0 bridgehead atoms. The minimum absolute atomic E-state index is 0.134. The molecule has 0 atom stereocenters. The van der Waals surface area contributed by atoms with Crippen LogP contribution >= 0.6 is 0 Å². The zero-order valence-electron chi connectivity index (χ0n) is 11.1. The Morgan fingerprint density at radius 3 is 2.95 bits per heavy atom. The number of pyridine rings is 1. The first kappa shape index (κ1) is 12.4. The molecule has 20 heavy (non-hydrogen) atoms. The van der Waals surface area contributed by atoms with Crippen LogP contribution in [0, 0.1) is 0 Å². The van der Waals surface area contributed by atoms with Crippen LogP contribution in [-0.2, 0) is 0 Å². The van der Waals surface area contributed by atoms with E-state index in [0.717, 1.165) is 16.8 Å². The average Bonchev–Trinajstić information content (AvgIpc) is 2.93. The smallest absolute Gasteiger partial charge is 0.422 e. The maximum absolute atomic E-state index is 11.7. The zero-order valence-corrected chi connectivity index (χ0v) is 11.1. The Bertz CT molecular complexity index is 781. The van der Waals surface area contributed by atoms with Crippen LogP contribution in [0.5, 0.6) is 5.88 Å². The molecule has 0 unspecified atom stereocenters. The number of aromatic hydroxyl groups is 1. The summed E-state index contributed by atoms with van der Waals surface area (Å²) in [4.78, 5) is 19.9. The molecule has 6 heteroatoms. The van der Waals surface area contributed by atoms with E-state index in [9.17, 15) is 9.90 Å². The first-order valence-electron chi connectivity index (χ1n) is 6.22. The van der Waals surface area contributed by atoms with E-state index in [2.05, 4.69) is 9.98 Å². The van der Waals surface area contributed by atoms with Crippen molar-refractivity contribution in [3.63, 3.8) is 0 Å². The summed E-state index contributed by atoms with van der Waals surface area (Å²) in [6, 6.07) is 1.65. The van der Waals surface area contributed by atoms with Crippen LogP contribution in [0.1, 0.15) is 31.2 Å². The summed E-state index contributed by atoms with van der Waals surface area (Å²) in [6.45, 7) is 3.59. The van der Waals surface area contributed by atoms with E-state index in [4.69, 9.17) is 4.42 Å². The van der Waals surface area contributed by atoms with Crippen molar-refractivity contribution in [2.24, 2.45) is 4.99 Å². The molecule has 1 aliphatic rings. The van der Waals surface area contributed by atoms with Crippen LogP contribution in [0.25, 0.3) is 11.6 Å². The molecule has 0 radical (unpaired) electrons. The van der Waals surface area contributed by atoms with Crippen molar-refractivity contribution in [3.8, 4) is 5.88 Å². The van der Waals surface area contributed by atoms with Crippen LogP contribution < -0.4 is 5.76 Å². The van der Waals surface area contributed by atoms with Gasteiger partial charge in [-0.2, -0.15) is 0 Å². The summed E-state index contributed by atoms with van der Waals surface area (Å²) < 4.78 is 6.29.